The minimum atomic E-state index is 0.139. The minimum absolute atomic E-state index is 0.139. The Labute approximate surface area is 133 Å². The lowest BCUT2D eigenvalue weighted by molar-refractivity contribution is 0.382. The van der Waals surface area contributed by atoms with Crippen LogP contribution in [0.5, 0.6) is 0 Å². The van der Waals surface area contributed by atoms with Gasteiger partial charge in [-0.05, 0) is 36.3 Å². The molecule has 108 valence electrons. The van der Waals surface area contributed by atoms with Crippen molar-refractivity contribution in [1.82, 2.24) is 15.3 Å². The Morgan fingerprint density at radius 1 is 1.43 bits per heavy atom. The van der Waals surface area contributed by atoms with Gasteiger partial charge >= 0.3 is 0 Å². The fraction of sp³-hybridized carbons (Fsp3) is 0.143. The molecule has 0 saturated heterocycles. The number of nitrogens with zero attached hydrogens (tertiary/aromatic N) is 3. The first kappa shape index (κ1) is 15.2. The molecule has 21 heavy (non-hydrogen) atoms. The number of hydrogen-bond acceptors (Lipinski definition) is 4. The molecule has 1 aromatic carbocycles. The van der Waals surface area contributed by atoms with Crippen LogP contribution in [0.25, 0.3) is 0 Å². The zero-order chi connectivity index (χ0) is 15.2. The zero-order valence-corrected chi connectivity index (χ0v) is 12.7. The Morgan fingerprint density at radius 3 is 2.90 bits per heavy atom. The van der Waals surface area contributed by atoms with Gasteiger partial charge in [0.1, 0.15) is 11.8 Å². The van der Waals surface area contributed by atoms with E-state index < -0.39 is 0 Å². The number of thiocarbonyl (C=S) groups is 1. The molecule has 2 rings (SSSR count). The largest absolute Gasteiger partial charge is 0.375 e. The van der Waals surface area contributed by atoms with E-state index in [0.29, 0.717) is 17.3 Å². The number of hydrogen-bond donors (Lipinski definition) is 2. The molecule has 0 radical (unpaired) electrons. The van der Waals surface area contributed by atoms with Gasteiger partial charge < -0.3 is 10.6 Å². The third-order valence-corrected chi connectivity index (χ3v) is 3.19. The average Bonchev–Trinajstić information content (AvgIpc) is 2.45. The molecule has 0 unspecified atom stereocenters. The van der Waals surface area contributed by atoms with E-state index >= 15 is 0 Å². The summed E-state index contributed by atoms with van der Waals surface area (Å²) in [4.78, 5) is 1.86. The lowest BCUT2D eigenvalue weighted by atomic mass is 10.1. The van der Waals surface area contributed by atoms with Crippen molar-refractivity contribution >= 4 is 28.9 Å². The molecule has 0 aliphatic carbocycles. The zero-order valence-electron chi connectivity index (χ0n) is 11.2. The number of allylic oxidation sites excluding steroid dienone is 1. The number of nitriles is 1. The van der Waals surface area contributed by atoms with E-state index in [1.54, 1.807) is 23.6 Å². The first-order chi connectivity index (χ1) is 10.1. The van der Waals surface area contributed by atoms with Gasteiger partial charge in [0.05, 0.1) is 6.20 Å². The van der Waals surface area contributed by atoms with Crippen molar-refractivity contribution in [1.29, 1.82) is 5.26 Å². The quantitative estimate of drug-likeness (QED) is 0.828. The predicted molar refractivity (Wildman–Crippen MR) is 86.5 cm³/mol. The molecule has 0 aromatic heterocycles. The third kappa shape index (κ3) is 4.38. The van der Waals surface area contributed by atoms with Crippen LogP contribution in [0.1, 0.15) is 5.56 Å². The summed E-state index contributed by atoms with van der Waals surface area (Å²) >= 11 is 10.7. The SMILES string of the molecule is N#CC1=CN(NC(N)=S)C=CN1CCc1cccc(Cl)c1. The topological polar surface area (TPSA) is 68.3 Å². The van der Waals surface area contributed by atoms with Gasteiger partial charge in [-0.15, -0.1) is 0 Å². The van der Waals surface area contributed by atoms with Crippen molar-refractivity contribution in [2.75, 3.05) is 6.54 Å². The first-order valence-corrected chi connectivity index (χ1v) is 7.03. The summed E-state index contributed by atoms with van der Waals surface area (Å²) in [6.07, 6.45) is 5.97. The van der Waals surface area contributed by atoms with E-state index in [0.717, 1.165) is 12.0 Å². The maximum atomic E-state index is 9.22. The van der Waals surface area contributed by atoms with Crippen LogP contribution in [0, 0.1) is 11.3 Å². The van der Waals surface area contributed by atoms with Gasteiger partial charge in [0, 0.05) is 24.0 Å². The molecule has 0 spiro atoms. The van der Waals surface area contributed by atoms with Gasteiger partial charge in [-0.2, -0.15) is 5.26 Å². The van der Waals surface area contributed by atoms with E-state index in [1.165, 1.54) is 0 Å². The molecule has 1 heterocycles. The predicted octanol–water partition coefficient (Wildman–Crippen LogP) is 2.08. The summed E-state index contributed by atoms with van der Waals surface area (Å²) in [6, 6.07) is 9.84. The molecular formula is C14H14ClN5S. The fourth-order valence-corrected chi connectivity index (χ4v) is 2.23. The smallest absolute Gasteiger partial charge is 0.183 e. The summed E-state index contributed by atoms with van der Waals surface area (Å²) in [5, 5.41) is 11.6. The molecule has 1 aliphatic rings. The van der Waals surface area contributed by atoms with Crippen LogP contribution in [0.3, 0.4) is 0 Å². The standard InChI is InChI=1S/C14H14ClN5S/c15-12-3-1-2-11(8-12)4-5-19-6-7-20(18-14(17)21)10-13(19)9-16/h1-3,6-8,10H,4-5H2,(H3,17,18,21). The number of hydrazine groups is 1. The van der Waals surface area contributed by atoms with E-state index in [9.17, 15) is 5.26 Å². The molecular weight excluding hydrogens is 306 g/mol. The Balaban J connectivity index is 2.00. The van der Waals surface area contributed by atoms with E-state index in [-0.39, 0.29) is 5.11 Å². The number of nitrogens with two attached hydrogens (primary N) is 1. The average molecular weight is 320 g/mol. The van der Waals surface area contributed by atoms with Crippen LogP contribution in [0.4, 0.5) is 0 Å². The minimum Gasteiger partial charge on any atom is -0.375 e. The third-order valence-electron chi connectivity index (χ3n) is 2.86. The van der Waals surface area contributed by atoms with Crippen molar-refractivity contribution in [2.24, 2.45) is 5.73 Å². The van der Waals surface area contributed by atoms with Crippen molar-refractivity contribution < 1.29 is 0 Å². The normalized spacial score (nSPS) is 13.6. The monoisotopic (exact) mass is 319 g/mol. The van der Waals surface area contributed by atoms with Crippen LogP contribution >= 0.6 is 23.8 Å². The van der Waals surface area contributed by atoms with E-state index in [1.807, 2.05) is 29.2 Å². The van der Waals surface area contributed by atoms with E-state index in [2.05, 4.69) is 11.5 Å². The lowest BCUT2D eigenvalue weighted by Crippen LogP contribution is -2.41. The number of rotatable bonds is 4. The van der Waals surface area contributed by atoms with Crippen LogP contribution in [-0.2, 0) is 6.42 Å². The van der Waals surface area contributed by atoms with Crippen molar-refractivity contribution in [3.8, 4) is 6.07 Å². The molecule has 1 aromatic rings. The Hall–Kier alpha value is -2.23. The highest BCUT2D eigenvalue weighted by Crippen LogP contribution is 2.15. The first-order valence-electron chi connectivity index (χ1n) is 6.24. The van der Waals surface area contributed by atoms with Crippen molar-refractivity contribution in [3.05, 3.63) is 59.1 Å². The number of halogens is 1. The summed E-state index contributed by atoms with van der Waals surface area (Å²) in [6.45, 7) is 0.678. The maximum absolute atomic E-state index is 9.22. The van der Waals surface area contributed by atoms with Crippen molar-refractivity contribution in [2.45, 2.75) is 6.42 Å². The van der Waals surface area contributed by atoms with Crippen molar-refractivity contribution in [3.63, 3.8) is 0 Å². The summed E-state index contributed by atoms with van der Waals surface area (Å²) < 4.78 is 0. The second-order valence-electron chi connectivity index (χ2n) is 4.38. The molecule has 0 fully saturated rings. The summed E-state index contributed by atoms with van der Waals surface area (Å²) in [5.41, 5.74) is 9.76. The second kappa shape index (κ2) is 6.97. The maximum Gasteiger partial charge on any atom is 0.183 e. The van der Waals surface area contributed by atoms with Gasteiger partial charge in [-0.1, -0.05) is 23.7 Å². The lowest BCUT2D eigenvalue weighted by Gasteiger charge is -2.27. The van der Waals surface area contributed by atoms with Gasteiger partial charge in [-0.3, -0.25) is 10.4 Å². The van der Waals surface area contributed by atoms with Crippen LogP contribution in [0.2, 0.25) is 5.02 Å². The second-order valence-corrected chi connectivity index (χ2v) is 5.26. The Kier molecular flexibility index (Phi) is 5.04. The molecule has 1 aliphatic heterocycles. The molecule has 3 N–H and O–H groups in total. The van der Waals surface area contributed by atoms with Gasteiger partial charge in [0.15, 0.2) is 5.11 Å². The van der Waals surface area contributed by atoms with Gasteiger partial charge in [-0.25, -0.2) is 0 Å². The van der Waals surface area contributed by atoms with Crippen LogP contribution < -0.4 is 11.2 Å². The number of nitrogens with one attached hydrogen (secondary N) is 1. The van der Waals surface area contributed by atoms with Gasteiger partial charge in [0.25, 0.3) is 0 Å². The highest BCUT2D eigenvalue weighted by Gasteiger charge is 2.13. The molecule has 0 saturated carbocycles. The highest BCUT2D eigenvalue weighted by molar-refractivity contribution is 7.80. The Bertz CT molecular complexity index is 634. The van der Waals surface area contributed by atoms with Crippen LogP contribution in [0.15, 0.2) is 48.6 Å². The number of benzene rings is 1. The molecule has 0 amide bonds. The van der Waals surface area contributed by atoms with E-state index in [4.69, 9.17) is 29.6 Å². The molecule has 0 atom stereocenters. The molecule has 5 nitrogen and oxygen atoms in total. The molecule has 0 bridgehead atoms. The van der Waals surface area contributed by atoms with Crippen LogP contribution in [-0.4, -0.2) is 21.6 Å². The Morgan fingerprint density at radius 2 is 2.24 bits per heavy atom. The summed E-state index contributed by atoms with van der Waals surface area (Å²) in [7, 11) is 0. The summed E-state index contributed by atoms with van der Waals surface area (Å²) in [5.74, 6) is 0. The fourth-order valence-electron chi connectivity index (χ4n) is 1.91. The van der Waals surface area contributed by atoms with Gasteiger partial charge in [0.2, 0.25) is 0 Å². The highest BCUT2D eigenvalue weighted by atomic mass is 35.5. The molecule has 7 heteroatoms.